The van der Waals surface area contributed by atoms with Crippen molar-refractivity contribution in [1.82, 2.24) is 15.2 Å². The van der Waals surface area contributed by atoms with Gasteiger partial charge in [-0.25, -0.2) is 9.78 Å². The number of nitrogens with one attached hydrogen (secondary N) is 2. The molecule has 3 rings (SSSR count). The third-order valence-corrected chi connectivity index (χ3v) is 6.48. The van der Waals surface area contributed by atoms with Crippen molar-refractivity contribution in [2.45, 2.75) is 51.9 Å². The van der Waals surface area contributed by atoms with Gasteiger partial charge in [0.1, 0.15) is 5.69 Å². The monoisotopic (exact) mass is 440 g/mol. The fraction of sp³-hybridized carbons (Fsp3) is 0.458. The molecule has 2 aromatic rings. The van der Waals surface area contributed by atoms with Crippen LogP contribution in [0.4, 0.5) is 10.5 Å². The Bertz CT molecular complexity index is 937. The van der Waals surface area contributed by atoms with E-state index in [4.69, 9.17) is 0 Å². The molecule has 1 aliphatic rings. The summed E-state index contributed by atoms with van der Waals surface area (Å²) in [5, 5.41) is 8.74. The number of hydrogen-bond donors (Lipinski definition) is 2. The minimum Gasteiger partial charge on any atom is -0.335 e. The van der Waals surface area contributed by atoms with Gasteiger partial charge in [-0.1, -0.05) is 51.1 Å². The van der Waals surface area contributed by atoms with Crippen LogP contribution in [0.1, 0.15) is 67.5 Å². The average molecular weight is 441 g/mol. The molecule has 6 nitrogen and oxygen atoms in total. The van der Waals surface area contributed by atoms with Crippen LogP contribution in [0.2, 0.25) is 0 Å². The molecule has 2 N–H and O–H groups in total. The van der Waals surface area contributed by atoms with E-state index in [0.717, 1.165) is 29.1 Å². The van der Waals surface area contributed by atoms with Crippen molar-refractivity contribution >= 4 is 29.0 Å². The van der Waals surface area contributed by atoms with Crippen LogP contribution in [-0.2, 0) is 5.41 Å². The zero-order valence-electron chi connectivity index (χ0n) is 18.8. The smallest absolute Gasteiger partial charge is 0.317 e. The summed E-state index contributed by atoms with van der Waals surface area (Å²) < 4.78 is 0. The van der Waals surface area contributed by atoms with Gasteiger partial charge in [-0.15, -0.1) is 11.3 Å². The van der Waals surface area contributed by atoms with E-state index < -0.39 is 0 Å². The van der Waals surface area contributed by atoms with E-state index in [1.165, 1.54) is 11.3 Å². The van der Waals surface area contributed by atoms with Crippen LogP contribution >= 0.6 is 11.3 Å². The van der Waals surface area contributed by atoms with Gasteiger partial charge in [0.05, 0.1) is 5.01 Å². The summed E-state index contributed by atoms with van der Waals surface area (Å²) in [6, 6.07) is 7.88. The third-order valence-electron chi connectivity index (χ3n) is 5.48. The molecule has 7 heteroatoms. The quantitative estimate of drug-likeness (QED) is 0.631. The van der Waals surface area contributed by atoms with Crippen LogP contribution in [0.3, 0.4) is 0 Å². The molecule has 166 valence electrons. The van der Waals surface area contributed by atoms with E-state index in [-0.39, 0.29) is 23.3 Å². The fourth-order valence-corrected chi connectivity index (χ4v) is 4.69. The van der Waals surface area contributed by atoms with Crippen LogP contribution in [0, 0.1) is 0 Å². The van der Waals surface area contributed by atoms with Gasteiger partial charge in [-0.2, -0.15) is 0 Å². The Morgan fingerprint density at radius 1 is 1.23 bits per heavy atom. The Kier molecular flexibility index (Phi) is 7.49. The molecular formula is C24H32N4O2S. The van der Waals surface area contributed by atoms with E-state index in [9.17, 15) is 9.59 Å². The lowest BCUT2D eigenvalue weighted by atomic mass is 9.86. The number of aromatic nitrogens is 1. The standard InChI is InChI=1S/C24H32N4O2S/c1-5-6-13-25-23(30)28-14-11-17(12-15-28)22-27-20(16-31-22)21(29)26-19-10-8-7-9-18(19)24(2,3)4/h5-10,16-17H,11-15H2,1-4H3,(H,25,30)(H,26,29)/b6-5+. The number of benzene rings is 1. The molecule has 0 bridgehead atoms. The Morgan fingerprint density at radius 3 is 2.61 bits per heavy atom. The molecule has 1 aliphatic heterocycles. The first-order chi connectivity index (χ1) is 14.8. The number of carbonyl (C=O) groups is 2. The zero-order chi connectivity index (χ0) is 22.4. The maximum atomic E-state index is 12.8. The fourth-order valence-electron chi connectivity index (χ4n) is 3.72. The largest absolute Gasteiger partial charge is 0.335 e. The lowest BCUT2D eigenvalue weighted by Gasteiger charge is -2.31. The topological polar surface area (TPSA) is 74.3 Å². The molecule has 31 heavy (non-hydrogen) atoms. The first-order valence-corrected chi connectivity index (χ1v) is 11.7. The lowest BCUT2D eigenvalue weighted by molar-refractivity contribution is 0.102. The molecule has 1 fully saturated rings. The van der Waals surface area contributed by atoms with Crippen molar-refractivity contribution in [2.24, 2.45) is 0 Å². The number of amides is 3. The molecule has 3 amide bonds. The normalized spacial score (nSPS) is 15.3. The van der Waals surface area contributed by atoms with Crippen molar-refractivity contribution in [3.05, 3.63) is 58.1 Å². The predicted molar refractivity (Wildman–Crippen MR) is 127 cm³/mol. The highest BCUT2D eigenvalue weighted by Crippen LogP contribution is 2.32. The van der Waals surface area contributed by atoms with Gasteiger partial charge in [0.25, 0.3) is 5.91 Å². The summed E-state index contributed by atoms with van der Waals surface area (Å²) in [6.07, 6.45) is 5.56. The Morgan fingerprint density at radius 2 is 1.94 bits per heavy atom. The van der Waals surface area contributed by atoms with Crippen LogP contribution in [0.5, 0.6) is 0 Å². The zero-order valence-corrected chi connectivity index (χ0v) is 19.6. The van der Waals surface area contributed by atoms with Gasteiger partial charge in [0, 0.05) is 36.6 Å². The number of hydrogen-bond acceptors (Lipinski definition) is 4. The SMILES string of the molecule is C/C=C/CNC(=O)N1CCC(c2nc(C(=O)Nc3ccccc3C(C)(C)C)cs2)CC1. The van der Waals surface area contributed by atoms with Crippen LogP contribution in [-0.4, -0.2) is 41.5 Å². The molecule has 0 aliphatic carbocycles. The predicted octanol–water partition coefficient (Wildman–Crippen LogP) is 5.16. The van der Waals surface area contributed by atoms with Crippen LogP contribution < -0.4 is 10.6 Å². The van der Waals surface area contributed by atoms with Crippen molar-refractivity contribution < 1.29 is 9.59 Å². The number of thiazole rings is 1. The van der Waals surface area contributed by atoms with Gasteiger partial charge < -0.3 is 15.5 Å². The second-order valence-electron chi connectivity index (χ2n) is 8.84. The Hall–Kier alpha value is -2.67. The van der Waals surface area contributed by atoms with Gasteiger partial charge in [0.2, 0.25) is 0 Å². The maximum absolute atomic E-state index is 12.8. The third kappa shape index (κ3) is 5.94. The molecule has 1 aromatic heterocycles. The molecular weight excluding hydrogens is 408 g/mol. The molecule has 0 atom stereocenters. The number of para-hydroxylation sites is 1. The number of likely N-dealkylation sites (tertiary alicyclic amines) is 1. The Labute approximate surface area is 188 Å². The van der Waals surface area contributed by atoms with E-state index in [0.29, 0.717) is 25.3 Å². The van der Waals surface area contributed by atoms with Crippen molar-refractivity contribution in [2.75, 3.05) is 25.0 Å². The van der Waals surface area contributed by atoms with Crippen molar-refractivity contribution in [3.63, 3.8) is 0 Å². The molecule has 1 aromatic carbocycles. The van der Waals surface area contributed by atoms with Crippen LogP contribution in [0.25, 0.3) is 0 Å². The Balaban J connectivity index is 1.59. The second kappa shape index (κ2) is 10.1. The van der Waals surface area contributed by atoms with Gasteiger partial charge >= 0.3 is 6.03 Å². The summed E-state index contributed by atoms with van der Waals surface area (Å²) in [5.41, 5.74) is 2.31. The van der Waals surface area contributed by atoms with Crippen molar-refractivity contribution in [3.8, 4) is 0 Å². The van der Waals surface area contributed by atoms with Gasteiger partial charge in [-0.05, 0) is 36.8 Å². The summed E-state index contributed by atoms with van der Waals surface area (Å²) in [5.74, 6) is 0.105. The minimum absolute atomic E-state index is 0.0201. The molecule has 0 spiro atoms. The number of piperidine rings is 1. The van der Waals surface area contributed by atoms with E-state index in [2.05, 4.69) is 36.4 Å². The summed E-state index contributed by atoms with van der Waals surface area (Å²) in [6.45, 7) is 10.3. The number of urea groups is 1. The van der Waals surface area contributed by atoms with Crippen molar-refractivity contribution in [1.29, 1.82) is 0 Å². The van der Waals surface area contributed by atoms with E-state index >= 15 is 0 Å². The highest BCUT2D eigenvalue weighted by Gasteiger charge is 2.26. The summed E-state index contributed by atoms with van der Waals surface area (Å²) in [4.78, 5) is 31.5. The maximum Gasteiger partial charge on any atom is 0.317 e. The first kappa shape index (κ1) is 23.0. The lowest BCUT2D eigenvalue weighted by Crippen LogP contribution is -2.44. The number of rotatable bonds is 5. The molecule has 0 unspecified atom stereocenters. The molecule has 1 saturated heterocycles. The summed E-state index contributed by atoms with van der Waals surface area (Å²) >= 11 is 1.53. The highest BCUT2D eigenvalue weighted by atomic mass is 32.1. The summed E-state index contributed by atoms with van der Waals surface area (Å²) in [7, 11) is 0. The van der Waals surface area contributed by atoms with Crippen LogP contribution in [0.15, 0.2) is 41.8 Å². The number of allylic oxidation sites excluding steroid dienone is 1. The molecule has 2 heterocycles. The second-order valence-corrected chi connectivity index (χ2v) is 9.73. The van der Waals surface area contributed by atoms with Gasteiger partial charge in [-0.3, -0.25) is 4.79 Å². The average Bonchev–Trinajstić information content (AvgIpc) is 3.24. The van der Waals surface area contributed by atoms with E-state index in [1.54, 1.807) is 0 Å². The molecule has 0 radical (unpaired) electrons. The number of nitrogens with zero attached hydrogens (tertiary/aromatic N) is 2. The first-order valence-electron chi connectivity index (χ1n) is 10.8. The minimum atomic E-state index is -0.181. The molecule has 0 saturated carbocycles. The van der Waals surface area contributed by atoms with Gasteiger partial charge in [0.15, 0.2) is 0 Å². The van der Waals surface area contributed by atoms with E-state index in [1.807, 2.05) is 53.6 Å². The number of carbonyl (C=O) groups excluding carboxylic acids is 2. The number of anilines is 1. The highest BCUT2D eigenvalue weighted by molar-refractivity contribution is 7.10.